The lowest BCUT2D eigenvalue weighted by Crippen LogP contribution is -2.02. The maximum absolute atomic E-state index is 12.0. The minimum absolute atomic E-state index is 0.0555. The van der Waals surface area contributed by atoms with Crippen molar-refractivity contribution in [3.8, 4) is 11.5 Å². The third-order valence-corrected chi connectivity index (χ3v) is 4.50. The zero-order valence-electron chi connectivity index (χ0n) is 14.6. The standard InChI is InChI=1S/C21H16ClNO4/c1-13-2-5-15-10-16(21(22)23-17(15)8-13)11-25-20(24)7-4-14-3-6-18-19(9-14)27-12-26-18/h2-10H,11-12H2,1H3/b7-4+. The highest BCUT2D eigenvalue weighted by molar-refractivity contribution is 6.30. The van der Waals surface area contributed by atoms with Gasteiger partial charge in [-0.25, -0.2) is 9.78 Å². The van der Waals surface area contributed by atoms with E-state index in [1.807, 2.05) is 37.3 Å². The normalized spacial score (nSPS) is 12.7. The van der Waals surface area contributed by atoms with Crippen LogP contribution in [0.15, 0.2) is 48.5 Å². The van der Waals surface area contributed by atoms with Gasteiger partial charge in [0.2, 0.25) is 6.79 Å². The lowest BCUT2D eigenvalue weighted by molar-refractivity contribution is -0.138. The van der Waals surface area contributed by atoms with Crippen LogP contribution in [0, 0.1) is 6.92 Å². The predicted octanol–water partition coefficient (Wildman–Crippen LogP) is 4.68. The van der Waals surface area contributed by atoms with Gasteiger partial charge in [-0.3, -0.25) is 0 Å². The molecule has 2 heterocycles. The Labute approximate surface area is 161 Å². The fourth-order valence-corrected chi connectivity index (χ4v) is 2.98. The molecule has 5 nitrogen and oxygen atoms in total. The number of nitrogens with zero attached hydrogens (tertiary/aromatic N) is 1. The number of carbonyl (C=O) groups excluding carboxylic acids is 1. The van der Waals surface area contributed by atoms with Gasteiger partial charge in [-0.15, -0.1) is 0 Å². The molecule has 3 aromatic rings. The first-order chi connectivity index (χ1) is 13.1. The molecule has 0 amide bonds. The van der Waals surface area contributed by atoms with Crippen LogP contribution in [0.5, 0.6) is 11.5 Å². The van der Waals surface area contributed by atoms with Crippen LogP contribution in [0.3, 0.4) is 0 Å². The van der Waals surface area contributed by atoms with E-state index in [2.05, 4.69) is 4.98 Å². The molecule has 2 aromatic carbocycles. The van der Waals surface area contributed by atoms with Crippen LogP contribution in [0.25, 0.3) is 17.0 Å². The van der Waals surface area contributed by atoms with E-state index in [9.17, 15) is 4.79 Å². The Morgan fingerprint density at radius 1 is 1.19 bits per heavy atom. The molecule has 4 rings (SSSR count). The molecule has 0 spiro atoms. The molecule has 1 aliphatic heterocycles. The second-order valence-electron chi connectivity index (χ2n) is 6.19. The lowest BCUT2D eigenvalue weighted by atomic mass is 10.1. The Morgan fingerprint density at radius 3 is 2.93 bits per heavy atom. The maximum atomic E-state index is 12.0. The molecule has 1 aromatic heterocycles. The zero-order chi connectivity index (χ0) is 18.8. The second kappa shape index (κ2) is 7.29. The maximum Gasteiger partial charge on any atom is 0.331 e. The quantitative estimate of drug-likeness (QED) is 0.373. The van der Waals surface area contributed by atoms with E-state index in [0.29, 0.717) is 22.2 Å². The molecule has 0 radical (unpaired) electrons. The van der Waals surface area contributed by atoms with Crippen molar-refractivity contribution in [2.75, 3.05) is 6.79 Å². The first kappa shape index (κ1) is 17.4. The number of ether oxygens (including phenoxy) is 3. The van der Waals surface area contributed by atoms with Crippen LogP contribution < -0.4 is 9.47 Å². The summed E-state index contributed by atoms with van der Waals surface area (Å²) in [5.41, 5.74) is 3.41. The van der Waals surface area contributed by atoms with Crippen LogP contribution >= 0.6 is 11.6 Å². The molecule has 0 fully saturated rings. The van der Waals surface area contributed by atoms with Crippen molar-refractivity contribution in [3.05, 3.63) is 70.4 Å². The Kier molecular flexibility index (Phi) is 4.69. The van der Waals surface area contributed by atoms with Crippen LogP contribution in [-0.2, 0) is 16.1 Å². The van der Waals surface area contributed by atoms with Crippen LogP contribution in [-0.4, -0.2) is 17.7 Å². The molecule has 0 atom stereocenters. The summed E-state index contributed by atoms with van der Waals surface area (Å²) in [7, 11) is 0. The molecule has 0 unspecified atom stereocenters. The Hall–Kier alpha value is -3.05. The molecule has 0 saturated heterocycles. The summed E-state index contributed by atoms with van der Waals surface area (Å²) in [6, 6.07) is 13.3. The fraction of sp³-hybridized carbons (Fsp3) is 0.143. The molecular weight excluding hydrogens is 366 g/mol. The Morgan fingerprint density at radius 2 is 2.04 bits per heavy atom. The monoisotopic (exact) mass is 381 g/mol. The number of aromatic nitrogens is 1. The van der Waals surface area contributed by atoms with Crippen molar-refractivity contribution in [2.24, 2.45) is 0 Å². The lowest BCUT2D eigenvalue weighted by Gasteiger charge is -2.07. The van der Waals surface area contributed by atoms with E-state index in [-0.39, 0.29) is 13.4 Å². The summed E-state index contributed by atoms with van der Waals surface area (Å²) >= 11 is 6.22. The number of esters is 1. The summed E-state index contributed by atoms with van der Waals surface area (Å²) in [6.07, 6.45) is 3.02. The van der Waals surface area contributed by atoms with Crippen molar-refractivity contribution >= 4 is 34.5 Å². The average Bonchev–Trinajstić information content (AvgIpc) is 3.12. The van der Waals surface area contributed by atoms with Gasteiger partial charge in [0.25, 0.3) is 0 Å². The number of aryl methyl sites for hydroxylation is 1. The first-order valence-corrected chi connectivity index (χ1v) is 8.76. The smallest absolute Gasteiger partial charge is 0.331 e. The number of carbonyl (C=O) groups is 1. The van der Waals surface area contributed by atoms with Crippen molar-refractivity contribution in [1.82, 2.24) is 4.98 Å². The van der Waals surface area contributed by atoms with Crippen molar-refractivity contribution in [3.63, 3.8) is 0 Å². The zero-order valence-corrected chi connectivity index (χ0v) is 15.3. The number of fused-ring (bicyclic) bond motifs is 2. The van der Waals surface area contributed by atoms with Crippen LogP contribution in [0.4, 0.5) is 0 Å². The fourth-order valence-electron chi connectivity index (χ4n) is 2.78. The summed E-state index contributed by atoms with van der Waals surface area (Å²) in [5, 5.41) is 1.28. The molecule has 6 heteroatoms. The number of halogens is 1. The highest BCUT2D eigenvalue weighted by atomic mass is 35.5. The number of hydrogen-bond donors (Lipinski definition) is 0. The first-order valence-electron chi connectivity index (χ1n) is 8.39. The van der Waals surface area contributed by atoms with Crippen molar-refractivity contribution in [2.45, 2.75) is 13.5 Å². The molecule has 0 saturated carbocycles. The van der Waals surface area contributed by atoms with Crippen molar-refractivity contribution < 1.29 is 19.0 Å². The van der Waals surface area contributed by atoms with Gasteiger partial charge in [0.05, 0.1) is 5.52 Å². The minimum Gasteiger partial charge on any atom is -0.458 e. The van der Waals surface area contributed by atoms with Crippen LogP contribution in [0.2, 0.25) is 5.15 Å². The molecular formula is C21H16ClNO4. The summed E-state index contributed by atoms with van der Waals surface area (Å²) in [4.78, 5) is 16.4. The third kappa shape index (κ3) is 3.88. The van der Waals surface area contributed by atoms with Gasteiger partial charge in [-0.1, -0.05) is 29.8 Å². The SMILES string of the molecule is Cc1ccc2cc(COC(=O)/C=C/c3ccc4c(c3)OCO4)c(Cl)nc2c1. The van der Waals surface area contributed by atoms with Gasteiger partial charge in [0.15, 0.2) is 11.5 Å². The summed E-state index contributed by atoms with van der Waals surface area (Å²) in [5.74, 6) is 0.894. The minimum atomic E-state index is -0.465. The van der Waals surface area contributed by atoms with Crippen molar-refractivity contribution in [1.29, 1.82) is 0 Å². The van der Waals surface area contributed by atoms with E-state index in [0.717, 1.165) is 22.0 Å². The van der Waals surface area contributed by atoms with E-state index >= 15 is 0 Å². The average molecular weight is 382 g/mol. The third-order valence-electron chi connectivity index (χ3n) is 4.18. The largest absolute Gasteiger partial charge is 0.458 e. The number of benzene rings is 2. The predicted molar refractivity (Wildman–Crippen MR) is 103 cm³/mol. The van der Waals surface area contributed by atoms with Gasteiger partial charge >= 0.3 is 5.97 Å². The highest BCUT2D eigenvalue weighted by Gasteiger charge is 2.12. The number of pyridine rings is 1. The van der Waals surface area contributed by atoms with Gasteiger partial charge in [0.1, 0.15) is 11.8 Å². The van der Waals surface area contributed by atoms with E-state index in [1.54, 1.807) is 18.2 Å². The Bertz CT molecular complexity index is 1060. The topological polar surface area (TPSA) is 57.7 Å². The van der Waals surface area contributed by atoms with Gasteiger partial charge in [0, 0.05) is 17.0 Å². The van der Waals surface area contributed by atoms with Gasteiger partial charge < -0.3 is 14.2 Å². The highest BCUT2D eigenvalue weighted by Crippen LogP contribution is 2.32. The molecule has 0 N–H and O–H groups in total. The van der Waals surface area contributed by atoms with Gasteiger partial charge in [-0.2, -0.15) is 0 Å². The van der Waals surface area contributed by atoms with E-state index < -0.39 is 5.97 Å². The Balaban J connectivity index is 1.42. The molecule has 27 heavy (non-hydrogen) atoms. The van der Waals surface area contributed by atoms with Crippen LogP contribution in [0.1, 0.15) is 16.7 Å². The molecule has 136 valence electrons. The summed E-state index contributed by atoms with van der Waals surface area (Å²) < 4.78 is 15.9. The molecule has 0 aliphatic carbocycles. The second-order valence-corrected chi connectivity index (χ2v) is 6.55. The number of rotatable bonds is 4. The van der Waals surface area contributed by atoms with E-state index in [1.165, 1.54) is 6.08 Å². The molecule has 0 bridgehead atoms. The molecule has 1 aliphatic rings. The summed E-state index contributed by atoms with van der Waals surface area (Å²) in [6.45, 7) is 2.27. The van der Waals surface area contributed by atoms with Gasteiger partial charge in [-0.05, 0) is 48.4 Å². The number of hydrogen-bond acceptors (Lipinski definition) is 5. The van der Waals surface area contributed by atoms with E-state index in [4.69, 9.17) is 25.8 Å².